The average Bonchev–Trinajstić information content (AvgIpc) is 3.05. The van der Waals surface area contributed by atoms with Crippen LogP contribution in [0.15, 0.2) is 24.8 Å². The highest BCUT2D eigenvalue weighted by molar-refractivity contribution is 5.78. The van der Waals surface area contributed by atoms with Crippen molar-refractivity contribution in [2.24, 2.45) is 5.92 Å². The highest BCUT2D eigenvalue weighted by Gasteiger charge is 2.20. The average molecular weight is 330 g/mol. The van der Waals surface area contributed by atoms with Gasteiger partial charge in [0.15, 0.2) is 0 Å². The monoisotopic (exact) mass is 330 g/mol. The normalized spacial score (nSPS) is 15.2. The number of nitrogens with zero attached hydrogens (tertiary/aromatic N) is 4. The van der Waals surface area contributed by atoms with Gasteiger partial charge in [0.05, 0.1) is 0 Å². The van der Waals surface area contributed by atoms with Crippen LogP contribution in [0.2, 0.25) is 0 Å². The number of anilines is 1. The first-order chi connectivity index (χ1) is 11.7. The minimum atomic E-state index is 0.0774. The van der Waals surface area contributed by atoms with E-state index < -0.39 is 0 Å². The van der Waals surface area contributed by atoms with Crippen LogP contribution in [0.3, 0.4) is 0 Å². The van der Waals surface area contributed by atoms with E-state index in [9.17, 15) is 4.79 Å². The Hall–Kier alpha value is -2.48. The van der Waals surface area contributed by atoms with E-state index in [0.29, 0.717) is 32.1 Å². The van der Waals surface area contributed by atoms with Crippen molar-refractivity contribution in [3.8, 4) is 5.82 Å². The van der Waals surface area contributed by atoms with E-state index >= 15 is 0 Å². The summed E-state index contributed by atoms with van der Waals surface area (Å²) in [7, 11) is 0. The van der Waals surface area contributed by atoms with Crippen molar-refractivity contribution >= 4 is 11.7 Å². The maximum atomic E-state index is 12.0. The maximum Gasteiger partial charge on any atom is 0.223 e. The second-order valence-corrected chi connectivity index (χ2v) is 5.71. The van der Waals surface area contributed by atoms with Gasteiger partial charge in [0, 0.05) is 50.7 Å². The molecule has 0 aliphatic carbocycles. The Morgan fingerprint density at radius 2 is 2.12 bits per heavy atom. The van der Waals surface area contributed by atoms with E-state index in [1.165, 1.54) is 6.33 Å². The largest absolute Gasteiger partial charge is 0.381 e. The molecule has 0 spiro atoms. The second kappa shape index (κ2) is 7.87. The van der Waals surface area contributed by atoms with Gasteiger partial charge in [-0.25, -0.2) is 15.0 Å². The third-order valence-electron chi connectivity index (χ3n) is 4.05. The molecule has 1 fully saturated rings. The summed E-state index contributed by atoms with van der Waals surface area (Å²) in [5.74, 6) is 2.52. The summed E-state index contributed by atoms with van der Waals surface area (Å²) in [4.78, 5) is 24.7. The highest BCUT2D eigenvalue weighted by Crippen LogP contribution is 2.14. The Balaban J connectivity index is 1.47. The molecule has 1 saturated heterocycles. The topological polar surface area (TPSA) is 94.0 Å². The molecule has 0 unspecified atom stereocenters. The summed E-state index contributed by atoms with van der Waals surface area (Å²) in [6.45, 7) is 4.43. The summed E-state index contributed by atoms with van der Waals surface area (Å²) < 4.78 is 7.16. The molecule has 1 aliphatic heterocycles. The van der Waals surface area contributed by atoms with Crippen molar-refractivity contribution in [1.82, 2.24) is 24.8 Å². The van der Waals surface area contributed by atoms with E-state index in [1.54, 1.807) is 6.20 Å². The number of aromatic nitrogens is 4. The van der Waals surface area contributed by atoms with E-state index in [-0.39, 0.29) is 11.8 Å². The van der Waals surface area contributed by atoms with Crippen LogP contribution in [-0.4, -0.2) is 51.7 Å². The van der Waals surface area contributed by atoms with Crippen molar-refractivity contribution in [2.75, 3.05) is 31.6 Å². The Labute approximate surface area is 140 Å². The van der Waals surface area contributed by atoms with E-state index in [4.69, 9.17) is 4.74 Å². The van der Waals surface area contributed by atoms with Gasteiger partial charge < -0.3 is 15.4 Å². The quantitative estimate of drug-likeness (QED) is 0.765. The molecule has 8 heteroatoms. The fourth-order valence-corrected chi connectivity index (χ4v) is 2.68. The third kappa shape index (κ3) is 4.08. The lowest BCUT2D eigenvalue weighted by molar-refractivity contribution is -0.127. The van der Waals surface area contributed by atoms with Crippen LogP contribution < -0.4 is 10.6 Å². The van der Waals surface area contributed by atoms with Gasteiger partial charge in [-0.3, -0.25) is 9.36 Å². The lowest BCUT2D eigenvalue weighted by Gasteiger charge is -2.21. The number of imidazole rings is 1. The molecule has 128 valence electrons. The van der Waals surface area contributed by atoms with Crippen molar-refractivity contribution < 1.29 is 9.53 Å². The molecule has 0 bridgehead atoms. The van der Waals surface area contributed by atoms with Gasteiger partial charge in [0.1, 0.15) is 23.8 Å². The Morgan fingerprint density at radius 1 is 1.29 bits per heavy atom. The fraction of sp³-hybridized carbons (Fsp3) is 0.500. The van der Waals surface area contributed by atoms with Crippen LogP contribution in [0.25, 0.3) is 5.82 Å². The molecule has 3 heterocycles. The van der Waals surface area contributed by atoms with Crippen LogP contribution in [0.5, 0.6) is 0 Å². The molecule has 24 heavy (non-hydrogen) atoms. The summed E-state index contributed by atoms with van der Waals surface area (Å²) in [5.41, 5.74) is 0. The maximum absolute atomic E-state index is 12.0. The molecule has 1 amide bonds. The fourth-order valence-electron chi connectivity index (χ4n) is 2.68. The summed E-state index contributed by atoms with van der Waals surface area (Å²) in [5, 5.41) is 6.16. The first-order valence-electron chi connectivity index (χ1n) is 8.16. The number of hydrogen-bond acceptors (Lipinski definition) is 6. The number of nitrogens with one attached hydrogen (secondary N) is 2. The Bertz CT molecular complexity index is 681. The van der Waals surface area contributed by atoms with Gasteiger partial charge in [-0.05, 0) is 19.8 Å². The van der Waals surface area contributed by atoms with Gasteiger partial charge in [0.2, 0.25) is 5.91 Å². The molecule has 0 atom stereocenters. The van der Waals surface area contributed by atoms with Gasteiger partial charge in [-0.15, -0.1) is 0 Å². The first-order valence-corrected chi connectivity index (χ1v) is 8.16. The van der Waals surface area contributed by atoms with E-state index in [2.05, 4.69) is 25.6 Å². The lowest BCUT2D eigenvalue weighted by atomic mass is 9.99. The molecule has 1 aliphatic rings. The number of rotatable bonds is 6. The minimum absolute atomic E-state index is 0.0774. The molecule has 0 aromatic carbocycles. The predicted molar refractivity (Wildman–Crippen MR) is 88.9 cm³/mol. The first kappa shape index (κ1) is 16.4. The SMILES string of the molecule is Cc1nccn1-c1cc(NCCNC(=O)C2CCOCC2)ncn1. The van der Waals surface area contributed by atoms with Crippen LogP contribution in [0, 0.1) is 12.8 Å². The second-order valence-electron chi connectivity index (χ2n) is 5.71. The third-order valence-corrected chi connectivity index (χ3v) is 4.05. The van der Waals surface area contributed by atoms with Crippen LogP contribution in [0.4, 0.5) is 5.82 Å². The van der Waals surface area contributed by atoms with Gasteiger partial charge in [-0.1, -0.05) is 0 Å². The Morgan fingerprint density at radius 3 is 2.88 bits per heavy atom. The molecule has 2 aromatic heterocycles. The highest BCUT2D eigenvalue weighted by atomic mass is 16.5. The predicted octanol–water partition coefficient (Wildman–Crippen LogP) is 0.925. The van der Waals surface area contributed by atoms with E-state index in [1.807, 2.05) is 23.8 Å². The molecular formula is C16H22N6O2. The molecule has 8 nitrogen and oxygen atoms in total. The number of ether oxygens (including phenoxy) is 1. The van der Waals surface area contributed by atoms with Gasteiger partial charge >= 0.3 is 0 Å². The smallest absolute Gasteiger partial charge is 0.223 e. The molecule has 2 aromatic rings. The summed E-state index contributed by atoms with van der Waals surface area (Å²) in [6.07, 6.45) is 6.71. The van der Waals surface area contributed by atoms with Gasteiger partial charge in [-0.2, -0.15) is 0 Å². The van der Waals surface area contributed by atoms with Gasteiger partial charge in [0.25, 0.3) is 0 Å². The van der Waals surface area contributed by atoms with Crippen LogP contribution in [-0.2, 0) is 9.53 Å². The Kier molecular flexibility index (Phi) is 5.37. The number of hydrogen-bond donors (Lipinski definition) is 2. The summed E-state index contributed by atoms with van der Waals surface area (Å²) >= 11 is 0. The molecule has 2 N–H and O–H groups in total. The minimum Gasteiger partial charge on any atom is -0.381 e. The lowest BCUT2D eigenvalue weighted by Crippen LogP contribution is -2.36. The number of carbonyl (C=O) groups excluding carboxylic acids is 1. The van der Waals surface area contributed by atoms with Crippen molar-refractivity contribution in [1.29, 1.82) is 0 Å². The zero-order valence-corrected chi connectivity index (χ0v) is 13.7. The zero-order valence-electron chi connectivity index (χ0n) is 13.7. The number of aryl methyl sites for hydroxylation is 1. The van der Waals surface area contributed by atoms with Crippen LogP contribution in [0.1, 0.15) is 18.7 Å². The van der Waals surface area contributed by atoms with Crippen molar-refractivity contribution in [2.45, 2.75) is 19.8 Å². The van der Waals surface area contributed by atoms with Crippen molar-refractivity contribution in [3.63, 3.8) is 0 Å². The molecule has 0 radical (unpaired) electrons. The van der Waals surface area contributed by atoms with Crippen molar-refractivity contribution in [3.05, 3.63) is 30.6 Å². The summed E-state index contributed by atoms with van der Waals surface area (Å²) in [6, 6.07) is 1.86. The van der Waals surface area contributed by atoms with Crippen LogP contribution >= 0.6 is 0 Å². The molecule has 3 rings (SSSR count). The standard InChI is InChI=1S/C16H22N6O2/c1-12-17-6-7-22(12)15-10-14(20-11-21-15)18-4-5-19-16(23)13-2-8-24-9-3-13/h6-7,10-11,13H,2-5,8-9H2,1H3,(H,19,23)(H,18,20,21). The van der Waals surface area contributed by atoms with E-state index in [0.717, 1.165) is 24.5 Å². The zero-order chi connectivity index (χ0) is 16.8. The number of amides is 1. The number of carbonyl (C=O) groups is 1. The molecule has 0 saturated carbocycles. The molecular weight excluding hydrogens is 308 g/mol.